The number of likely N-dealkylation sites (N-methyl/N-ethyl adjacent to an activating group) is 2. The maximum Gasteiger partial charge on any atom is 0.240 e. The van der Waals surface area contributed by atoms with E-state index in [1.165, 1.54) is 41.2 Å². The van der Waals surface area contributed by atoms with Crippen molar-refractivity contribution < 1.29 is 14.4 Å². The number of allylic oxidation sites excluding steroid dienone is 1. The SMILES string of the molecule is CN(CCC1=CCCCC1)CC1N(CC=O)C(=O)CN(C)N1C=O. The summed E-state index contributed by atoms with van der Waals surface area (Å²) >= 11 is 0. The highest BCUT2D eigenvalue weighted by Gasteiger charge is 2.36. The van der Waals surface area contributed by atoms with Gasteiger partial charge < -0.3 is 14.6 Å². The molecule has 2 amide bonds. The Labute approximate surface area is 143 Å². The molecule has 2 aliphatic rings. The fourth-order valence-corrected chi connectivity index (χ4v) is 3.38. The van der Waals surface area contributed by atoms with Crippen LogP contribution in [0, 0.1) is 0 Å². The molecule has 1 aliphatic carbocycles. The third-order valence-electron chi connectivity index (χ3n) is 4.80. The molecule has 0 aromatic rings. The van der Waals surface area contributed by atoms with Crippen LogP contribution in [0.25, 0.3) is 0 Å². The lowest BCUT2D eigenvalue weighted by atomic mass is 9.97. The van der Waals surface area contributed by atoms with Crippen molar-refractivity contribution in [3.8, 4) is 0 Å². The van der Waals surface area contributed by atoms with Gasteiger partial charge in [-0.2, -0.15) is 0 Å². The Balaban J connectivity index is 1.98. The molecule has 24 heavy (non-hydrogen) atoms. The Morgan fingerprint density at radius 1 is 1.33 bits per heavy atom. The summed E-state index contributed by atoms with van der Waals surface area (Å²) in [5, 5.41) is 3.11. The van der Waals surface area contributed by atoms with Gasteiger partial charge in [-0.15, -0.1) is 0 Å². The van der Waals surface area contributed by atoms with E-state index in [0.717, 1.165) is 19.4 Å². The summed E-state index contributed by atoms with van der Waals surface area (Å²) in [6.07, 6.45) is 9.26. The van der Waals surface area contributed by atoms with Gasteiger partial charge in [0.15, 0.2) is 0 Å². The Morgan fingerprint density at radius 2 is 2.12 bits per heavy atom. The zero-order valence-corrected chi connectivity index (χ0v) is 14.7. The molecule has 134 valence electrons. The molecule has 0 radical (unpaired) electrons. The van der Waals surface area contributed by atoms with Crippen molar-refractivity contribution in [1.82, 2.24) is 19.8 Å². The fraction of sp³-hybridized carbons (Fsp3) is 0.706. The maximum atomic E-state index is 12.2. The molecule has 0 aromatic carbocycles. The van der Waals surface area contributed by atoms with Crippen LogP contribution in [0.1, 0.15) is 32.1 Å². The number of carbonyl (C=O) groups is 3. The quantitative estimate of drug-likeness (QED) is 0.477. The Morgan fingerprint density at radius 3 is 2.75 bits per heavy atom. The van der Waals surface area contributed by atoms with Crippen LogP contribution in [0.3, 0.4) is 0 Å². The van der Waals surface area contributed by atoms with Crippen molar-refractivity contribution in [3.05, 3.63) is 11.6 Å². The monoisotopic (exact) mass is 336 g/mol. The Kier molecular flexibility index (Phi) is 6.93. The highest BCUT2D eigenvalue weighted by Crippen LogP contribution is 2.21. The summed E-state index contributed by atoms with van der Waals surface area (Å²) in [5.74, 6) is -0.129. The average molecular weight is 336 g/mol. The van der Waals surface area contributed by atoms with Crippen molar-refractivity contribution in [1.29, 1.82) is 0 Å². The minimum absolute atomic E-state index is 0.0146. The van der Waals surface area contributed by atoms with Crippen LogP contribution in [-0.4, -0.2) is 84.9 Å². The van der Waals surface area contributed by atoms with Crippen molar-refractivity contribution in [3.63, 3.8) is 0 Å². The molecule has 7 heteroatoms. The number of amides is 2. The van der Waals surface area contributed by atoms with Gasteiger partial charge in [-0.1, -0.05) is 11.6 Å². The van der Waals surface area contributed by atoms with E-state index in [0.29, 0.717) is 12.8 Å². The molecular formula is C17H28N4O3. The van der Waals surface area contributed by atoms with Gasteiger partial charge in [0.25, 0.3) is 0 Å². The number of aldehydes is 1. The zero-order valence-electron chi connectivity index (χ0n) is 14.7. The van der Waals surface area contributed by atoms with Crippen LogP contribution in [-0.2, 0) is 14.4 Å². The highest BCUT2D eigenvalue weighted by molar-refractivity contribution is 5.82. The predicted octanol–water partition coefficient (Wildman–Crippen LogP) is 0.481. The van der Waals surface area contributed by atoms with Crippen LogP contribution >= 0.6 is 0 Å². The third kappa shape index (κ3) is 4.64. The van der Waals surface area contributed by atoms with Crippen LogP contribution in [0.4, 0.5) is 0 Å². The van der Waals surface area contributed by atoms with Crippen LogP contribution in [0.5, 0.6) is 0 Å². The third-order valence-corrected chi connectivity index (χ3v) is 4.80. The summed E-state index contributed by atoms with van der Waals surface area (Å²) in [4.78, 5) is 38.2. The van der Waals surface area contributed by atoms with E-state index in [1.54, 1.807) is 12.1 Å². The molecule has 1 unspecified atom stereocenters. The first-order valence-electron chi connectivity index (χ1n) is 8.61. The average Bonchev–Trinajstić information content (AvgIpc) is 2.57. The largest absolute Gasteiger partial charge is 0.311 e. The predicted molar refractivity (Wildman–Crippen MR) is 90.8 cm³/mol. The van der Waals surface area contributed by atoms with Gasteiger partial charge >= 0.3 is 0 Å². The summed E-state index contributed by atoms with van der Waals surface area (Å²) < 4.78 is 0. The number of hydrazine groups is 1. The van der Waals surface area contributed by atoms with Crippen molar-refractivity contribution >= 4 is 18.6 Å². The smallest absolute Gasteiger partial charge is 0.240 e. The van der Waals surface area contributed by atoms with E-state index < -0.39 is 6.17 Å². The molecule has 1 fully saturated rings. The van der Waals surface area contributed by atoms with Crippen molar-refractivity contribution in [2.45, 2.75) is 38.3 Å². The van der Waals surface area contributed by atoms with Crippen molar-refractivity contribution in [2.24, 2.45) is 0 Å². The maximum absolute atomic E-state index is 12.2. The Bertz CT molecular complexity index is 494. The normalized spacial score (nSPS) is 22.7. The van der Waals surface area contributed by atoms with E-state index in [2.05, 4.69) is 11.0 Å². The molecular weight excluding hydrogens is 308 g/mol. The number of carbonyl (C=O) groups excluding carboxylic acids is 3. The number of nitrogens with zero attached hydrogens (tertiary/aromatic N) is 4. The number of hydrogen-bond donors (Lipinski definition) is 0. The van der Waals surface area contributed by atoms with E-state index >= 15 is 0 Å². The molecule has 7 nitrogen and oxygen atoms in total. The number of hydrogen-bond acceptors (Lipinski definition) is 5. The second-order valence-corrected chi connectivity index (χ2v) is 6.61. The van der Waals surface area contributed by atoms with E-state index in [4.69, 9.17) is 0 Å². The molecule has 1 saturated heterocycles. The first-order chi connectivity index (χ1) is 11.6. The minimum Gasteiger partial charge on any atom is -0.311 e. The Hall–Kier alpha value is -1.73. The molecule has 2 rings (SSSR count). The van der Waals surface area contributed by atoms with Crippen LogP contribution in [0.2, 0.25) is 0 Å². The van der Waals surface area contributed by atoms with Gasteiger partial charge in [0.05, 0.1) is 13.1 Å². The van der Waals surface area contributed by atoms with Gasteiger partial charge in [0.1, 0.15) is 12.5 Å². The van der Waals surface area contributed by atoms with Gasteiger partial charge in [-0.05, 0) is 39.2 Å². The van der Waals surface area contributed by atoms with Gasteiger partial charge in [-0.25, -0.2) is 5.01 Å². The van der Waals surface area contributed by atoms with Crippen molar-refractivity contribution in [2.75, 3.05) is 40.3 Å². The topological polar surface area (TPSA) is 64.2 Å². The lowest BCUT2D eigenvalue weighted by Crippen LogP contribution is -2.66. The van der Waals surface area contributed by atoms with Crippen LogP contribution < -0.4 is 0 Å². The second-order valence-electron chi connectivity index (χ2n) is 6.61. The molecule has 1 atom stereocenters. The van der Waals surface area contributed by atoms with Gasteiger partial charge in [-0.3, -0.25) is 14.6 Å². The van der Waals surface area contributed by atoms with Crippen LogP contribution in [0.15, 0.2) is 11.6 Å². The molecule has 0 bridgehead atoms. The molecule has 0 spiro atoms. The summed E-state index contributed by atoms with van der Waals surface area (Å²) in [6.45, 7) is 1.53. The lowest BCUT2D eigenvalue weighted by Gasteiger charge is -2.46. The standard InChI is InChI=1S/C17H28N4O3/c1-18(9-8-15-6-4-3-5-7-15)12-16-20(10-11-22)17(24)13-19(2)21(16)14-23/h6,11,14,16H,3-5,7-10,12-13H2,1-2H3. The van der Waals surface area contributed by atoms with E-state index in [1.807, 2.05) is 7.05 Å². The molecule has 0 N–H and O–H groups in total. The van der Waals surface area contributed by atoms with E-state index in [9.17, 15) is 14.4 Å². The lowest BCUT2D eigenvalue weighted by molar-refractivity contribution is -0.178. The highest BCUT2D eigenvalue weighted by atomic mass is 16.2. The van der Waals surface area contributed by atoms with E-state index in [-0.39, 0.29) is 19.0 Å². The molecule has 1 heterocycles. The fourth-order valence-electron chi connectivity index (χ4n) is 3.38. The first-order valence-corrected chi connectivity index (χ1v) is 8.61. The molecule has 0 aromatic heterocycles. The summed E-state index contributed by atoms with van der Waals surface area (Å²) in [7, 11) is 3.70. The van der Waals surface area contributed by atoms with Gasteiger partial charge in [0.2, 0.25) is 12.3 Å². The van der Waals surface area contributed by atoms with Gasteiger partial charge in [0, 0.05) is 20.1 Å². The number of rotatable bonds is 8. The molecule has 0 saturated carbocycles. The first kappa shape index (κ1) is 18.6. The minimum atomic E-state index is -0.440. The second kappa shape index (κ2) is 8.94. The zero-order chi connectivity index (χ0) is 17.5. The summed E-state index contributed by atoms with van der Waals surface area (Å²) in [6, 6.07) is 0. The molecule has 1 aliphatic heterocycles. The summed E-state index contributed by atoms with van der Waals surface area (Å²) in [5.41, 5.74) is 1.50.